The third kappa shape index (κ3) is 4.37. The molecule has 0 aliphatic rings. The van der Waals surface area contributed by atoms with Crippen molar-refractivity contribution in [3.8, 4) is 0 Å². The normalized spacial score (nSPS) is 13.3. The maximum absolute atomic E-state index is 11.3. The molecule has 2 aromatic rings. The first-order chi connectivity index (χ1) is 10.4. The Labute approximate surface area is 131 Å². The second kappa shape index (κ2) is 7.00. The molecule has 0 bridgehead atoms. The molecule has 0 amide bonds. The van der Waals surface area contributed by atoms with E-state index in [1.165, 1.54) is 5.56 Å². The summed E-state index contributed by atoms with van der Waals surface area (Å²) >= 11 is 0. The molecule has 1 aromatic heterocycles. The van der Waals surface area contributed by atoms with Crippen molar-refractivity contribution >= 4 is 10.0 Å². The smallest absolute Gasteiger partial charge is 0.238 e. The van der Waals surface area contributed by atoms with Crippen LogP contribution < -0.4 is 5.14 Å². The van der Waals surface area contributed by atoms with Crippen LogP contribution in [0.3, 0.4) is 0 Å². The lowest BCUT2D eigenvalue weighted by Gasteiger charge is -2.25. The van der Waals surface area contributed by atoms with Gasteiger partial charge >= 0.3 is 0 Å². The van der Waals surface area contributed by atoms with Crippen LogP contribution in [-0.2, 0) is 16.4 Å². The van der Waals surface area contributed by atoms with Gasteiger partial charge in [-0.25, -0.2) is 13.6 Å². The lowest BCUT2D eigenvalue weighted by Crippen LogP contribution is -2.25. The van der Waals surface area contributed by atoms with Gasteiger partial charge in [-0.05, 0) is 55.8 Å². The van der Waals surface area contributed by atoms with Gasteiger partial charge in [0.25, 0.3) is 0 Å². The second-order valence-corrected chi connectivity index (χ2v) is 6.94. The molecule has 5 nitrogen and oxygen atoms in total. The van der Waals surface area contributed by atoms with E-state index in [2.05, 4.69) is 23.9 Å². The third-order valence-corrected chi connectivity index (χ3v) is 4.78. The molecule has 0 spiro atoms. The van der Waals surface area contributed by atoms with Gasteiger partial charge in [0.05, 0.1) is 4.90 Å². The number of rotatable bonds is 6. The summed E-state index contributed by atoms with van der Waals surface area (Å²) in [4.78, 5) is 6.38. The highest BCUT2D eigenvalue weighted by Crippen LogP contribution is 2.20. The monoisotopic (exact) mass is 319 g/mol. The Morgan fingerprint density at radius 1 is 1.14 bits per heavy atom. The zero-order valence-corrected chi connectivity index (χ0v) is 13.6. The van der Waals surface area contributed by atoms with Gasteiger partial charge in [0.15, 0.2) is 0 Å². The number of aromatic nitrogens is 1. The number of nitrogens with zero attached hydrogens (tertiary/aromatic N) is 2. The summed E-state index contributed by atoms with van der Waals surface area (Å²) in [5.74, 6) is 0. The van der Waals surface area contributed by atoms with Crippen molar-refractivity contribution < 1.29 is 8.42 Å². The van der Waals surface area contributed by atoms with Gasteiger partial charge in [-0.1, -0.05) is 12.1 Å². The van der Waals surface area contributed by atoms with Gasteiger partial charge in [-0.3, -0.25) is 9.88 Å². The highest BCUT2D eigenvalue weighted by molar-refractivity contribution is 7.89. The fourth-order valence-corrected chi connectivity index (χ4v) is 2.75. The van der Waals surface area contributed by atoms with E-state index >= 15 is 0 Å². The van der Waals surface area contributed by atoms with E-state index in [0.29, 0.717) is 0 Å². The Balaban J connectivity index is 1.99. The molecule has 1 heterocycles. The van der Waals surface area contributed by atoms with E-state index in [1.807, 2.05) is 24.3 Å². The molecule has 0 radical (unpaired) electrons. The number of pyridine rings is 1. The molecule has 1 aromatic carbocycles. The summed E-state index contributed by atoms with van der Waals surface area (Å²) in [7, 11) is -1.58. The van der Waals surface area contributed by atoms with Crippen LogP contribution in [0.25, 0.3) is 0 Å². The molecular weight excluding hydrogens is 298 g/mol. The molecule has 2 N–H and O–H groups in total. The van der Waals surface area contributed by atoms with Crippen LogP contribution in [0.5, 0.6) is 0 Å². The fraction of sp³-hybridized carbons (Fsp3) is 0.312. The van der Waals surface area contributed by atoms with Crippen molar-refractivity contribution in [1.82, 2.24) is 9.88 Å². The highest BCUT2D eigenvalue weighted by Gasteiger charge is 2.13. The number of benzene rings is 1. The first kappa shape index (κ1) is 16.6. The number of hydrogen-bond acceptors (Lipinski definition) is 4. The van der Waals surface area contributed by atoms with E-state index in [1.54, 1.807) is 24.5 Å². The molecule has 2 rings (SSSR count). The van der Waals surface area contributed by atoms with E-state index in [4.69, 9.17) is 5.14 Å². The predicted octanol–water partition coefficient (Wildman–Crippen LogP) is 1.96. The Kier molecular flexibility index (Phi) is 5.28. The quantitative estimate of drug-likeness (QED) is 0.883. The van der Waals surface area contributed by atoms with E-state index in [0.717, 1.165) is 18.5 Å². The van der Waals surface area contributed by atoms with Crippen LogP contribution in [0.1, 0.15) is 24.1 Å². The predicted molar refractivity (Wildman–Crippen MR) is 86.8 cm³/mol. The average Bonchev–Trinajstić information content (AvgIpc) is 2.52. The van der Waals surface area contributed by atoms with E-state index < -0.39 is 10.0 Å². The molecular formula is C16H21N3O2S. The Hall–Kier alpha value is -1.76. The molecule has 22 heavy (non-hydrogen) atoms. The number of hydrogen-bond donors (Lipinski definition) is 1. The Morgan fingerprint density at radius 3 is 2.27 bits per heavy atom. The summed E-state index contributed by atoms with van der Waals surface area (Å²) in [5, 5.41) is 5.11. The molecule has 0 fully saturated rings. The van der Waals surface area contributed by atoms with Gasteiger partial charge in [-0.2, -0.15) is 0 Å². The number of sulfonamides is 1. The summed E-state index contributed by atoms with van der Waals surface area (Å²) < 4.78 is 22.5. The minimum absolute atomic E-state index is 0.142. The topological polar surface area (TPSA) is 76.3 Å². The van der Waals surface area contributed by atoms with Crippen molar-refractivity contribution in [2.45, 2.75) is 24.3 Å². The van der Waals surface area contributed by atoms with Crippen molar-refractivity contribution in [1.29, 1.82) is 0 Å². The van der Waals surface area contributed by atoms with Gasteiger partial charge in [0, 0.05) is 25.0 Å². The van der Waals surface area contributed by atoms with E-state index in [-0.39, 0.29) is 10.9 Å². The van der Waals surface area contributed by atoms with Crippen LogP contribution in [-0.4, -0.2) is 31.9 Å². The van der Waals surface area contributed by atoms with Gasteiger partial charge in [-0.15, -0.1) is 0 Å². The van der Waals surface area contributed by atoms with E-state index in [9.17, 15) is 8.42 Å². The van der Waals surface area contributed by atoms with Crippen LogP contribution >= 0.6 is 0 Å². The zero-order chi connectivity index (χ0) is 16.2. The van der Waals surface area contributed by atoms with Gasteiger partial charge in [0.1, 0.15) is 0 Å². The van der Waals surface area contributed by atoms with Crippen LogP contribution in [0.4, 0.5) is 0 Å². The van der Waals surface area contributed by atoms with Gasteiger partial charge < -0.3 is 0 Å². The summed E-state index contributed by atoms with van der Waals surface area (Å²) in [6, 6.07) is 11.0. The molecule has 6 heteroatoms. The average molecular weight is 319 g/mol. The Bertz CT molecular complexity index is 700. The molecule has 0 aliphatic heterocycles. The van der Waals surface area contributed by atoms with Crippen molar-refractivity contribution in [2.75, 3.05) is 13.6 Å². The summed E-state index contributed by atoms with van der Waals surface area (Å²) in [6.07, 6.45) is 4.54. The number of nitrogens with two attached hydrogens (primary N) is 1. The van der Waals surface area contributed by atoms with Crippen LogP contribution in [0, 0.1) is 0 Å². The standard InChI is InChI=1S/C16H21N3O2S/c1-13(15-3-5-16(6-4-15)22(17,20)21)19(2)12-9-14-7-10-18-11-8-14/h3-8,10-11,13H,9,12H2,1-2H3,(H2,17,20,21)/t13-/m1/s1. The first-order valence-corrected chi connectivity index (χ1v) is 8.64. The molecule has 118 valence electrons. The Morgan fingerprint density at radius 2 is 1.73 bits per heavy atom. The summed E-state index contributed by atoms with van der Waals surface area (Å²) in [5.41, 5.74) is 2.31. The molecule has 0 unspecified atom stereocenters. The molecule has 0 saturated carbocycles. The SMILES string of the molecule is C[C@H](c1ccc(S(N)(=O)=O)cc1)N(C)CCc1ccncc1. The van der Waals surface area contributed by atoms with Crippen LogP contribution in [0.2, 0.25) is 0 Å². The largest absolute Gasteiger partial charge is 0.299 e. The first-order valence-electron chi connectivity index (χ1n) is 7.10. The lowest BCUT2D eigenvalue weighted by molar-refractivity contribution is 0.265. The van der Waals surface area contributed by atoms with Crippen molar-refractivity contribution in [3.05, 3.63) is 59.9 Å². The number of likely N-dealkylation sites (N-methyl/N-ethyl adjacent to an activating group) is 1. The van der Waals surface area contributed by atoms with Crippen molar-refractivity contribution in [3.63, 3.8) is 0 Å². The van der Waals surface area contributed by atoms with Crippen molar-refractivity contribution in [2.24, 2.45) is 5.14 Å². The van der Waals surface area contributed by atoms with Gasteiger partial charge in [0.2, 0.25) is 10.0 Å². The molecule has 1 atom stereocenters. The van der Waals surface area contributed by atoms with Crippen LogP contribution in [0.15, 0.2) is 53.7 Å². The maximum Gasteiger partial charge on any atom is 0.238 e. The second-order valence-electron chi connectivity index (χ2n) is 5.38. The zero-order valence-electron chi connectivity index (χ0n) is 12.8. The minimum Gasteiger partial charge on any atom is -0.299 e. The highest BCUT2D eigenvalue weighted by atomic mass is 32.2. The maximum atomic E-state index is 11.3. The minimum atomic E-state index is -3.63. The number of primary sulfonamides is 1. The third-order valence-electron chi connectivity index (χ3n) is 3.85. The fourth-order valence-electron chi connectivity index (χ4n) is 2.24. The lowest BCUT2D eigenvalue weighted by atomic mass is 10.1. The summed E-state index contributed by atoms with van der Waals surface area (Å²) in [6.45, 7) is 3.00. The molecule has 0 aliphatic carbocycles. The molecule has 0 saturated heterocycles.